The number of halogens is 5. The number of nitro benzene ring substituents is 1. The third kappa shape index (κ3) is 3.30. The minimum Gasteiger partial charge on any atom is -0.292 e. The molecule has 1 aromatic rings. The summed E-state index contributed by atoms with van der Waals surface area (Å²) in [5.41, 5.74) is 1.02. The number of hydrogen-bond acceptors (Lipinski definition) is 4. The maximum atomic E-state index is 12.6. The SMILES string of the molecule is CC1(C(=O)NNc2ccc(C(F)(F)F)cc2[N+](=O)[O-])CC1(Cl)Cl. The minimum atomic E-state index is -4.72. The summed E-state index contributed by atoms with van der Waals surface area (Å²) in [6.07, 6.45) is -4.53. The number of amides is 1. The molecule has 126 valence electrons. The zero-order valence-electron chi connectivity index (χ0n) is 11.5. The Bertz CT molecular complexity index is 681. The van der Waals surface area contributed by atoms with E-state index in [1.54, 1.807) is 0 Å². The van der Waals surface area contributed by atoms with Crippen molar-refractivity contribution in [3.63, 3.8) is 0 Å². The molecule has 0 aliphatic heterocycles. The lowest BCUT2D eigenvalue weighted by molar-refractivity contribution is -0.384. The van der Waals surface area contributed by atoms with Crippen LogP contribution in [0.15, 0.2) is 18.2 Å². The zero-order chi connectivity index (χ0) is 17.6. The van der Waals surface area contributed by atoms with E-state index in [0.29, 0.717) is 12.1 Å². The third-order valence-electron chi connectivity index (χ3n) is 3.59. The van der Waals surface area contributed by atoms with E-state index < -0.39 is 38.0 Å². The fraction of sp³-hybridized carbons (Fsp3) is 0.417. The maximum Gasteiger partial charge on any atom is 0.416 e. The molecule has 0 saturated heterocycles. The molecule has 23 heavy (non-hydrogen) atoms. The quantitative estimate of drug-likeness (QED) is 0.480. The average Bonchev–Trinajstić information content (AvgIpc) is 2.94. The van der Waals surface area contributed by atoms with Crippen LogP contribution in [0.5, 0.6) is 0 Å². The van der Waals surface area contributed by atoms with Crippen molar-refractivity contribution in [2.24, 2.45) is 5.41 Å². The molecule has 1 amide bonds. The normalized spacial score (nSPS) is 22.3. The van der Waals surface area contributed by atoms with Crippen LogP contribution >= 0.6 is 23.2 Å². The number of benzene rings is 1. The van der Waals surface area contributed by atoms with Crippen LogP contribution in [0.3, 0.4) is 0 Å². The number of anilines is 1. The molecule has 1 fully saturated rings. The molecule has 0 radical (unpaired) electrons. The molecule has 0 heterocycles. The van der Waals surface area contributed by atoms with E-state index in [1.165, 1.54) is 6.92 Å². The van der Waals surface area contributed by atoms with Crippen LogP contribution < -0.4 is 10.9 Å². The molecular weight excluding hydrogens is 362 g/mol. The predicted octanol–water partition coefficient (Wildman–Crippen LogP) is 3.64. The highest BCUT2D eigenvalue weighted by molar-refractivity contribution is 6.53. The second kappa shape index (κ2) is 5.41. The van der Waals surface area contributed by atoms with Crippen LogP contribution in [-0.2, 0) is 11.0 Å². The molecule has 0 spiro atoms. The second-order valence-corrected chi connectivity index (χ2v) is 6.76. The predicted molar refractivity (Wildman–Crippen MR) is 77.0 cm³/mol. The number of carbonyl (C=O) groups is 1. The lowest BCUT2D eigenvalue weighted by Gasteiger charge is -2.15. The fourth-order valence-electron chi connectivity index (χ4n) is 1.87. The Morgan fingerprint density at radius 3 is 2.39 bits per heavy atom. The van der Waals surface area contributed by atoms with Gasteiger partial charge in [-0.2, -0.15) is 13.2 Å². The van der Waals surface area contributed by atoms with E-state index in [0.717, 1.165) is 6.07 Å². The maximum absolute atomic E-state index is 12.6. The van der Waals surface area contributed by atoms with Crippen molar-refractivity contribution in [2.45, 2.75) is 23.9 Å². The largest absolute Gasteiger partial charge is 0.416 e. The van der Waals surface area contributed by atoms with Crippen LogP contribution in [-0.4, -0.2) is 15.2 Å². The van der Waals surface area contributed by atoms with Crippen molar-refractivity contribution in [2.75, 3.05) is 5.43 Å². The van der Waals surface area contributed by atoms with E-state index in [2.05, 4.69) is 10.9 Å². The lowest BCUT2D eigenvalue weighted by Crippen LogP contribution is -2.37. The Balaban J connectivity index is 2.17. The lowest BCUT2D eigenvalue weighted by atomic mass is 10.1. The van der Waals surface area contributed by atoms with E-state index >= 15 is 0 Å². The number of rotatable bonds is 4. The number of nitro groups is 1. The molecular formula is C12H10Cl2F3N3O3. The first-order chi connectivity index (χ1) is 10.4. The summed E-state index contributed by atoms with van der Waals surface area (Å²) in [5, 5.41) is 10.9. The summed E-state index contributed by atoms with van der Waals surface area (Å²) in [5.74, 6) is -0.628. The van der Waals surface area contributed by atoms with Gasteiger partial charge in [-0.25, -0.2) is 0 Å². The highest BCUT2D eigenvalue weighted by atomic mass is 35.5. The van der Waals surface area contributed by atoms with Gasteiger partial charge in [0.2, 0.25) is 5.91 Å². The van der Waals surface area contributed by atoms with Crippen molar-refractivity contribution < 1.29 is 22.9 Å². The van der Waals surface area contributed by atoms with E-state index in [1.807, 2.05) is 0 Å². The number of hydrogen-bond donors (Lipinski definition) is 2. The van der Waals surface area contributed by atoms with Crippen molar-refractivity contribution >= 4 is 40.5 Å². The van der Waals surface area contributed by atoms with Gasteiger partial charge < -0.3 is 0 Å². The molecule has 1 aliphatic carbocycles. The molecule has 1 aromatic carbocycles. The molecule has 1 aliphatic rings. The van der Waals surface area contributed by atoms with Gasteiger partial charge in [0, 0.05) is 6.07 Å². The topological polar surface area (TPSA) is 84.3 Å². The Kier molecular flexibility index (Phi) is 4.15. The van der Waals surface area contributed by atoms with E-state index in [-0.39, 0.29) is 12.1 Å². The van der Waals surface area contributed by atoms with E-state index in [4.69, 9.17) is 23.2 Å². The zero-order valence-corrected chi connectivity index (χ0v) is 13.0. The van der Waals surface area contributed by atoms with Gasteiger partial charge in [0.15, 0.2) is 0 Å². The Labute approximate surface area is 138 Å². The Hall–Kier alpha value is -1.74. The average molecular weight is 372 g/mol. The molecule has 11 heteroatoms. The molecule has 1 atom stereocenters. The molecule has 1 saturated carbocycles. The molecule has 2 N–H and O–H groups in total. The van der Waals surface area contributed by atoms with Gasteiger partial charge in [0.25, 0.3) is 5.69 Å². The van der Waals surface area contributed by atoms with Gasteiger partial charge in [-0.3, -0.25) is 25.8 Å². The van der Waals surface area contributed by atoms with Crippen LogP contribution in [0.25, 0.3) is 0 Å². The van der Waals surface area contributed by atoms with Crippen molar-refractivity contribution in [1.82, 2.24) is 5.43 Å². The van der Waals surface area contributed by atoms with Crippen LogP contribution in [0.4, 0.5) is 24.5 Å². The molecule has 0 aromatic heterocycles. The van der Waals surface area contributed by atoms with Crippen molar-refractivity contribution in [3.8, 4) is 0 Å². The van der Waals surface area contributed by atoms with E-state index in [9.17, 15) is 28.1 Å². The van der Waals surface area contributed by atoms with Crippen molar-refractivity contribution in [1.29, 1.82) is 0 Å². The number of nitrogens with zero attached hydrogens (tertiary/aromatic N) is 1. The van der Waals surface area contributed by atoms with Gasteiger partial charge >= 0.3 is 6.18 Å². The Morgan fingerprint density at radius 1 is 1.39 bits per heavy atom. The first-order valence-corrected chi connectivity index (χ1v) is 6.94. The number of carbonyl (C=O) groups excluding carboxylic acids is 1. The van der Waals surface area contributed by atoms with Crippen LogP contribution in [0.2, 0.25) is 0 Å². The summed E-state index contributed by atoms with van der Waals surface area (Å²) in [7, 11) is 0. The highest BCUT2D eigenvalue weighted by Crippen LogP contribution is 2.63. The standard InChI is InChI=1S/C12H10Cl2F3N3O3/c1-10(5-11(10,13)14)9(21)19-18-7-3-2-6(12(15,16)17)4-8(7)20(22)23/h2-4,18H,5H2,1H3,(H,19,21). The highest BCUT2D eigenvalue weighted by Gasteiger charge is 2.68. The number of alkyl halides is 5. The van der Waals surface area contributed by atoms with Gasteiger partial charge in [0.1, 0.15) is 10.0 Å². The summed E-state index contributed by atoms with van der Waals surface area (Å²) in [4.78, 5) is 21.8. The minimum absolute atomic E-state index is 0.186. The number of hydrazine groups is 1. The van der Waals surface area contributed by atoms with Crippen LogP contribution in [0.1, 0.15) is 18.9 Å². The van der Waals surface area contributed by atoms with Gasteiger partial charge in [-0.15, -0.1) is 23.2 Å². The molecule has 1 unspecified atom stereocenters. The van der Waals surface area contributed by atoms with Crippen LogP contribution in [0, 0.1) is 15.5 Å². The first kappa shape index (κ1) is 17.6. The van der Waals surface area contributed by atoms with Gasteiger partial charge in [-0.05, 0) is 25.5 Å². The van der Waals surface area contributed by atoms with Gasteiger partial charge in [0.05, 0.1) is 15.9 Å². The first-order valence-electron chi connectivity index (χ1n) is 6.18. The Morgan fingerprint density at radius 2 is 1.96 bits per heavy atom. The smallest absolute Gasteiger partial charge is 0.292 e. The van der Waals surface area contributed by atoms with Crippen molar-refractivity contribution in [3.05, 3.63) is 33.9 Å². The van der Waals surface area contributed by atoms with Gasteiger partial charge in [-0.1, -0.05) is 0 Å². The summed E-state index contributed by atoms with van der Waals surface area (Å²) in [6, 6.07) is 1.89. The summed E-state index contributed by atoms with van der Waals surface area (Å²) in [6.45, 7) is 1.49. The second-order valence-electron chi connectivity index (χ2n) is 5.28. The molecule has 0 bridgehead atoms. The molecule has 2 rings (SSSR count). The number of nitrogens with one attached hydrogen (secondary N) is 2. The molecule has 6 nitrogen and oxygen atoms in total. The summed E-state index contributed by atoms with van der Waals surface area (Å²) < 4.78 is 36.5. The fourth-order valence-corrected chi connectivity index (χ4v) is 2.58. The summed E-state index contributed by atoms with van der Waals surface area (Å²) >= 11 is 11.6. The monoisotopic (exact) mass is 371 g/mol. The third-order valence-corrected chi connectivity index (χ3v) is 4.69.